The van der Waals surface area contributed by atoms with Crippen LogP contribution < -0.4 is 0 Å². The Morgan fingerprint density at radius 2 is 0.562 bits per heavy atom. The second-order valence-electron chi connectivity index (χ2n) is 14.3. The average molecular weight is 681 g/mol. The molecule has 0 saturated carbocycles. The number of ether oxygens (including phenoxy) is 3. The Kier molecular flexibility index (Phi) is 36.9. The molecule has 0 aliphatic carbocycles. The molecule has 48 heavy (non-hydrogen) atoms. The van der Waals surface area contributed by atoms with Gasteiger partial charge in [0, 0.05) is 19.3 Å². The first-order chi connectivity index (χ1) is 23.5. The van der Waals surface area contributed by atoms with Crippen LogP contribution in [0.2, 0.25) is 0 Å². The van der Waals surface area contributed by atoms with Crippen LogP contribution in [0.3, 0.4) is 0 Å². The van der Waals surface area contributed by atoms with Gasteiger partial charge in [-0.3, -0.25) is 14.4 Å². The smallest absolute Gasteiger partial charge is 0.306 e. The van der Waals surface area contributed by atoms with Crippen molar-refractivity contribution < 1.29 is 28.6 Å². The van der Waals surface area contributed by atoms with E-state index in [1.165, 1.54) is 135 Å². The zero-order chi connectivity index (χ0) is 35.2. The molecular weight excluding hydrogens is 600 g/mol. The van der Waals surface area contributed by atoms with E-state index in [9.17, 15) is 14.4 Å². The van der Waals surface area contributed by atoms with Crippen molar-refractivity contribution in [3.8, 4) is 0 Å². The first-order valence-electron chi connectivity index (χ1n) is 21.0. The van der Waals surface area contributed by atoms with Crippen molar-refractivity contribution in [3.63, 3.8) is 0 Å². The molecule has 0 N–H and O–H groups in total. The normalized spacial score (nSPS) is 11.8. The SMILES string of the molecule is CCCCCCCCCCCCCCCCC(=O)OCC(COC(=O)CCCCCCCCC)OC(=O)CCCCCCCCCCC. The molecule has 0 amide bonds. The summed E-state index contributed by atoms with van der Waals surface area (Å²) in [5.41, 5.74) is 0. The van der Waals surface area contributed by atoms with Gasteiger partial charge in [0.1, 0.15) is 13.2 Å². The molecule has 0 aromatic carbocycles. The van der Waals surface area contributed by atoms with E-state index in [0.717, 1.165) is 57.8 Å². The van der Waals surface area contributed by atoms with Gasteiger partial charge in [-0.15, -0.1) is 0 Å². The number of carbonyl (C=O) groups is 3. The number of hydrogen-bond acceptors (Lipinski definition) is 6. The minimum atomic E-state index is -0.755. The minimum absolute atomic E-state index is 0.0638. The van der Waals surface area contributed by atoms with Crippen LogP contribution in [0, 0.1) is 0 Å². The molecule has 0 aromatic heterocycles. The first kappa shape index (κ1) is 46.4. The zero-order valence-corrected chi connectivity index (χ0v) is 32.3. The van der Waals surface area contributed by atoms with Gasteiger partial charge >= 0.3 is 17.9 Å². The third-order valence-electron chi connectivity index (χ3n) is 9.36. The number of carbonyl (C=O) groups excluding carboxylic acids is 3. The average Bonchev–Trinajstić information content (AvgIpc) is 3.08. The molecule has 0 bridgehead atoms. The summed E-state index contributed by atoms with van der Waals surface area (Å²) in [4.78, 5) is 37.4. The highest BCUT2D eigenvalue weighted by atomic mass is 16.6. The van der Waals surface area contributed by atoms with Gasteiger partial charge in [-0.05, 0) is 19.3 Å². The quantitative estimate of drug-likeness (QED) is 0.0367. The molecule has 1 unspecified atom stereocenters. The second-order valence-corrected chi connectivity index (χ2v) is 14.3. The minimum Gasteiger partial charge on any atom is -0.462 e. The van der Waals surface area contributed by atoms with E-state index in [4.69, 9.17) is 14.2 Å². The van der Waals surface area contributed by atoms with E-state index in [0.29, 0.717) is 19.3 Å². The van der Waals surface area contributed by atoms with Crippen molar-refractivity contribution in [1.82, 2.24) is 0 Å². The topological polar surface area (TPSA) is 78.9 Å². The molecule has 0 heterocycles. The second kappa shape index (κ2) is 38.2. The van der Waals surface area contributed by atoms with Crippen molar-refractivity contribution in [3.05, 3.63) is 0 Å². The molecule has 0 spiro atoms. The van der Waals surface area contributed by atoms with Gasteiger partial charge in [-0.25, -0.2) is 0 Å². The van der Waals surface area contributed by atoms with E-state index < -0.39 is 6.10 Å². The van der Waals surface area contributed by atoms with E-state index in [-0.39, 0.29) is 31.1 Å². The lowest BCUT2D eigenvalue weighted by Crippen LogP contribution is -2.30. The lowest BCUT2D eigenvalue weighted by Gasteiger charge is -2.18. The summed E-state index contributed by atoms with van der Waals surface area (Å²) in [6, 6.07) is 0. The molecule has 1 atom stereocenters. The third kappa shape index (κ3) is 35.7. The van der Waals surface area contributed by atoms with Gasteiger partial charge in [-0.2, -0.15) is 0 Å². The zero-order valence-electron chi connectivity index (χ0n) is 32.3. The fraction of sp³-hybridized carbons (Fsp3) is 0.929. The lowest BCUT2D eigenvalue weighted by atomic mass is 10.0. The first-order valence-corrected chi connectivity index (χ1v) is 21.0. The highest BCUT2D eigenvalue weighted by Gasteiger charge is 2.19. The standard InChI is InChI=1S/C42H80O6/c1-4-7-10-13-16-18-19-20-21-22-24-26-29-32-35-41(44)47-38-39(37-46-40(43)34-31-28-25-15-12-9-6-3)48-42(45)36-33-30-27-23-17-14-11-8-5-2/h39H,4-38H2,1-3H3. The highest BCUT2D eigenvalue weighted by Crippen LogP contribution is 2.15. The fourth-order valence-electron chi connectivity index (χ4n) is 6.15. The third-order valence-corrected chi connectivity index (χ3v) is 9.36. The molecule has 0 aliphatic heterocycles. The van der Waals surface area contributed by atoms with Crippen LogP contribution in [0.4, 0.5) is 0 Å². The Bertz CT molecular complexity index is 708. The molecule has 0 fully saturated rings. The lowest BCUT2D eigenvalue weighted by molar-refractivity contribution is -0.167. The summed E-state index contributed by atoms with van der Waals surface area (Å²) < 4.78 is 16.6. The number of rotatable bonds is 38. The Balaban J connectivity index is 4.25. The Morgan fingerprint density at radius 1 is 0.333 bits per heavy atom. The van der Waals surface area contributed by atoms with Crippen molar-refractivity contribution in [1.29, 1.82) is 0 Å². The van der Waals surface area contributed by atoms with E-state index in [1.807, 2.05) is 0 Å². The van der Waals surface area contributed by atoms with Crippen LogP contribution in [0.1, 0.15) is 233 Å². The molecule has 6 heteroatoms. The largest absolute Gasteiger partial charge is 0.462 e. The predicted octanol–water partition coefficient (Wildman–Crippen LogP) is 12.9. The van der Waals surface area contributed by atoms with Gasteiger partial charge in [0.25, 0.3) is 0 Å². The summed E-state index contributed by atoms with van der Waals surface area (Å²) in [7, 11) is 0. The van der Waals surface area contributed by atoms with Crippen LogP contribution in [-0.2, 0) is 28.6 Å². The molecule has 0 aromatic rings. The maximum absolute atomic E-state index is 12.6. The number of unbranched alkanes of at least 4 members (excludes halogenated alkanes) is 27. The molecule has 0 saturated heterocycles. The summed E-state index contributed by atoms with van der Waals surface area (Å²) in [6.07, 6.45) is 36.7. The van der Waals surface area contributed by atoms with Gasteiger partial charge in [0.15, 0.2) is 6.10 Å². The van der Waals surface area contributed by atoms with Gasteiger partial charge in [0.2, 0.25) is 0 Å². The van der Waals surface area contributed by atoms with Crippen LogP contribution in [-0.4, -0.2) is 37.2 Å². The van der Waals surface area contributed by atoms with E-state index in [1.54, 1.807) is 0 Å². The summed E-state index contributed by atoms with van der Waals surface area (Å²) >= 11 is 0. The van der Waals surface area contributed by atoms with Crippen LogP contribution in [0.25, 0.3) is 0 Å². The van der Waals surface area contributed by atoms with Crippen molar-refractivity contribution in [2.75, 3.05) is 13.2 Å². The Hall–Kier alpha value is -1.59. The van der Waals surface area contributed by atoms with Crippen LogP contribution >= 0.6 is 0 Å². The van der Waals surface area contributed by atoms with Gasteiger partial charge < -0.3 is 14.2 Å². The van der Waals surface area contributed by atoms with Crippen molar-refractivity contribution in [2.24, 2.45) is 0 Å². The molecular formula is C42H80O6. The molecule has 0 aliphatic rings. The molecule has 0 rings (SSSR count). The Morgan fingerprint density at radius 3 is 0.833 bits per heavy atom. The van der Waals surface area contributed by atoms with Crippen molar-refractivity contribution >= 4 is 17.9 Å². The summed E-state index contributed by atoms with van der Waals surface area (Å²) in [5, 5.41) is 0. The fourth-order valence-corrected chi connectivity index (χ4v) is 6.15. The van der Waals surface area contributed by atoms with Gasteiger partial charge in [-0.1, -0.05) is 194 Å². The molecule has 284 valence electrons. The Labute approximate surface area is 298 Å². The summed E-state index contributed by atoms with van der Waals surface area (Å²) in [5.74, 6) is -0.866. The van der Waals surface area contributed by atoms with Crippen LogP contribution in [0.5, 0.6) is 0 Å². The molecule has 6 nitrogen and oxygen atoms in total. The highest BCUT2D eigenvalue weighted by molar-refractivity contribution is 5.71. The van der Waals surface area contributed by atoms with Crippen molar-refractivity contribution in [2.45, 2.75) is 239 Å². The molecule has 0 radical (unpaired) electrons. The monoisotopic (exact) mass is 681 g/mol. The number of hydrogen-bond donors (Lipinski definition) is 0. The maximum Gasteiger partial charge on any atom is 0.306 e. The van der Waals surface area contributed by atoms with E-state index >= 15 is 0 Å². The maximum atomic E-state index is 12.6. The number of esters is 3. The van der Waals surface area contributed by atoms with Gasteiger partial charge in [0.05, 0.1) is 0 Å². The van der Waals surface area contributed by atoms with Crippen LogP contribution in [0.15, 0.2) is 0 Å². The van der Waals surface area contributed by atoms with E-state index in [2.05, 4.69) is 20.8 Å². The summed E-state index contributed by atoms with van der Waals surface area (Å²) in [6.45, 7) is 6.58. The predicted molar refractivity (Wildman–Crippen MR) is 201 cm³/mol.